The molecule has 112 valence electrons. The largest absolute Gasteiger partial charge is 0.496 e. The van der Waals surface area contributed by atoms with E-state index in [1.807, 2.05) is 38.2 Å². The minimum Gasteiger partial charge on any atom is -0.496 e. The summed E-state index contributed by atoms with van der Waals surface area (Å²) in [6.07, 6.45) is 0. The van der Waals surface area contributed by atoms with Crippen molar-refractivity contribution >= 4 is 5.69 Å². The molecule has 2 N–H and O–H groups in total. The van der Waals surface area contributed by atoms with Crippen molar-refractivity contribution in [3.63, 3.8) is 0 Å². The minimum absolute atomic E-state index is 0.226. The Morgan fingerprint density at radius 1 is 1.24 bits per heavy atom. The van der Waals surface area contributed by atoms with E-state index in [-0.39, 0.29) is 11.9 Å². The number of hydrogen-bond donors (Lipinski definition) is 1. The van der Waals surface area contributed by atoms with Crippen molar-refractivity contribution in [1.29, 1.82) is 0 Å². The first-order chi connectivity index (χ1) is 10.0. The maximum absolute atomic E-state index is 13.4. The zero-order valence-corrected chi connectivity index (χ0v) is 12.6. The average Bonchev–Trinajstić information content (AvgIpc) is 2.47. The number of halogens is 1. The van der Waals surface area contributed by atoms with Gasteiger partial charge in [0.1, 0.15) is 11.6 Å². The first-order valence-electron chi connectivity index (χ1n) is 6.91. The van der Waals surface area contributed by atoms with Crippen LogP contribution in [-0.4, -0.2) is 14.2 Å². The summed E-state index contributed by atoms with van der Waals surface area (Å²) in [6, 6.07) is 12.4. The molecule has 0 saturated carbocycles. The van der Waals surface area contributed by atoms with Crippen LogP contribution < -0.4 is 15.4 Å². The highest BCUT2D eigenvalue weighted by atomic mass is 19.1. The van der Waals surface area contributed by atoms with Gasteiger partial charge in [-0.15, -0.1) is 0 Å². The van der Waals surface area contributed by atoms with Gasteiger partial charge in [-0.25, -0.2) is 4.39 Å². The first-order valence-corrected chi connectivity index (χ1v) is 6.91. The van der Waals surface area contributed by atoms with Crippen LogP contribution in [0.2, 0.25) is 0 Å². The zero-order valence-electron chi connectivity index (χ0n) is 12.6. The molecule has 0 aliphatic carbocycles. The van der Waals surface area contributed by atoms with E-state index in [4.69, 9.17) is 10.5 Å². The Labute approximate surface area is 125 Å². The molecule has 2 rings (SSSR count). The van der Waals surface area contributed by atoms with E-state index in [1.54, 1.807) is 13.2 Å². The predicted octanol–water partition coefficient (Wildman–Crippen LogP) is 3.49. The van der Waals surface area contributed by atoms with Crippen LogP contribution in [0.4, 0.5) is 10.1 Å². The Balaban J connectivity index is 2.30. The molecule has 4 heteroatoms. The number of hydrogen-bond acceptors (Lipinski definition) is 3. The summed E-state index contributed by atoms with van der Waals surface area (Å²) in [5.74, 6) is 0.575. The summed E-state index contributed by atoms with van der Waals surface area (Å²) < 4.78 is 18.8. The molecule has 0 aromatic heterocycles. The highest BCUT2D eigenvalue weighted by Gasteiger charge is 2.13. The van der Waals surface area contributed by atoms with Crippen molar-refractivity contribution in [3.05, 3.63) is 59.4 Å². The molecular weight excluding hydrogens is 267 g/mol. The Kier molecular flexibility index (Phi) is 4.81. The standard InChI is InChI=1S/C17H21FN2O/c1-12(19)15-10-14(18)8-9-16(15)20(2)11-13-6-4-5-7-17(13)21-3/h4-10,12H,11,19H2,1-3H3. The van der Waals surface area contributed by atoms with E-state index < -0.39 is 0 Å². The van der Waals surface area contributed by atoms with Crippen molar-refractivity contribution in [3.8, 4) is 5.75 Å². The van der Waals surface area contributed by atoms with E-state index in [0.29, 0.717) is 6.54 Å². The van der Waals surface area contributed by atoms with Crippen molar-refractivity contribution in [1.82, 2.24) is 0 Å². The van der Waals surface area contributed by atoms with Crippen LogP contribution in [0.3, 0.4) is 0 Å². The van der Waals surface area contributed by atoms with Crippen molar-refractivity contribution < 1.29 is 9.13 Å². The molecule has 0 spiro atoms. The van der Waals surface area contributed by atoms with Gasteiger partial charge in [-0.3, -0.25) is 0 Å². The molecule has 0 aliphatic heterocycles. The number of para-hydroxylation sites is 1. The van der Waals surface area contributed by atoms with Crippen molar-refractivity contribution in [2.24, 2.45) is 5.73 Å². The van der Waals surface area contributed by atoms with Gasteiger partial charge in [0.15, 0.2) is 0 Å². The highest BCUT2D eigenvalue weighted by molar-refractivity contribution is 5.55. The Morgan fingerprint density at radius 2 is 1.95 bits per heavy atom. The van der Waals surface area contributed by atoms with E-state index in [9.17, 15) is 4.39 Å². The van der Waals surface area contributed by atoms with Crippen LogP contribution in [0.1, 0.15) is 24.1 Å². The lowest BCUT2D eigenvalue weighted by Crippen LogP contribution is -2.20. The highest BCUT2D eigenvalue weighted by Crippen LogP contribution is 2.28. The predicted molar refractivity (Wildman–Crippen MR) is 84.1 cm³/mol. The molecule has 1 unspecified atom stereocenters. The average molecular weight is 288 g/mol. The number of rotatable bonds is 5. The number of benzene rings is 2. The normalized spacial score (nSPS) is 12.0. The smallest absolute Gasteiger partial charge is 0.123 e. The summed E-state index contributed by atoms with van der Waals surface area (Å²) in [5.41, 5.74) is 8.75. The van der Waals surface area contributed by atoms with Gasteiger partial charge in [0.05, 0.1) is 7.11 Å². The number of nitrogens with two attached hydrogens (primary N) is 1. The van der Waals surface area contributed by atoms with Crippen LogP contribution in [-0.2, 0) is 6.54 Å². The van der Waals surface area contributed by atoms with E-state index in [1.165, 1.54) is 12.1 Å². The van der Waals surface area contributed by atoms with Crippen LogP contribution in [0.15, 0.2) is 42.5 Å². The minimum atomic E-state index is -0.267. The molecule has 0 saturated heterocycles. The molecule has 1 atom stereocenters. The summed E-state index contributed by atoms with van der Waals surface area (Å²) in [4.78, 5) is 2.05. The Morgan fingerprint density at radius 3 is 2.62 bits per heavy atom. The third-order valence-corrected chi connectivity index (χ3v) is 3.49. The summed E-state index contributed by atoms with van der Waals surface area (Å²) >= 11 is 0. The van der Waals surface area contributed by atoms with Crippen LogP contribution in [0, 0.1) is 5.82 Å². The number of ether oxygens (including phenoxy) is 1. The summed E-state index contributed by atoms with van der Waals surface area (Å²) in [6.45, 7) is 2.52. The SMILES string of the molecule is COc1ccccc1CN(C)c1ccc(F)cc1C(C)N. The molecule has 0 bridgehead atoms. The second kappa shape index (κ2) is 6.59. The van der Waals surface area contributed by atoms with Gasteiger partial charge >= 0.3 is 0 Å². The summed E-state index contributed by atoms with van der Waals surface area (Å²) in [7, 11) is 3.62. The Bertz CT molecular complexity index is 613. The lowest BCUT2D eigenvalue weighted by Gasteiger charge is -2.25. The van der Waals surface area contributed by atoms with Gasteiger partial charge in [-0.2, -0.15) is 0 Å². The van der Waals surface area contributed by atoms with Gasteiger partial charge in [-0.05, 0) is 36.8 Å². The molecular formula is C17H21FN2O. The van der Waals surface area contributed by atoms with Crippen LogP contribution in [0.5, 0.6) is 5.75 Å². The zero-order chi connectivity index (χ0) is 15.4. The van der Waals surface area contributed by atoms with Crippen molar-refractivity contribution in [2.75, 3.05) is 19.1 Å². The molecule has 3 nitrogen and oxygen atoms in total. The van der Waals surface area contributed by atoms with E-state index in [0.717, 1.165) is 22.6 Å². The van der Waals surface area contributed by atoms with Crippen LogP contribution >= 0.6 is 0 Å². The second-order valence-corrected chi connectivity index (χ2v) is 5.16. The van der Waals surface area contributed by atoms with E-state index in [2.05, 4.69) is 4.90 Å². The fourth-order valence-electron chi connectivity index (χ4n) is 2.41. The second-order valence-electron chi connectivity index (χ2n) is 5.16. The first kappa shape index (κ1) is 15.3. The summed E-state index contributed by atoms with van der Waals surface area (Å²) in [5, 5.41) is 0. The fourth-order valence-corrected chi connectivity index (χ4v) is 2.41. The molecule has 0 amide bonds. The number of anilines is 1. The molecule has 0 radical (unpaired) electrons. The third kappa shape index (κ3) is 3.52. The van der Waals surface area contributed by atoms with Gasteiger partial charge in [0.2, 0.25) is 0 Å². The fraction of sp³-hybridized carbons (Fsp3) is 0.294. The molecule has 0 aliphatic rings. The van der Waals surface area contributed by atoms with Gasteiger partial charge in [0.25, 0.3) is 0 Å². The molecule has 2 aromatic carbocycles. The number of methoxy groups -OCH3 is 1. The molecule has 0 heterocycles. The lowest BCUT2D eigenvalue weighted by atomic mass is 10.0. The van der Waals surface area contributed by atoms with Crippen molar-refractivity contribution in [2.45, 2.75) is 19.5 Å². The maximum atomic E-state index is 13.4. The monoisotopic (exact) mass is 288 g/mol. The maximum Gasteiger partial charge on any atom is 0.123 e. The lowest BCUT2D eigenvalue weighted by molar-refractivity contribution is 0.409. The van der Waals surface area contributed by atoms with Gasteiger partial charge in [0, 0.05) is 30.9 Å². The van der Waals surface area contributed by atoms with Gasteiger partial charge < -0.3 is 15.4 Å². The third-order valence-electron chi connectivity index (χ3n) is 3.49. The van der Waals surface area contributed by atoms with Gasteiger partial charge in [-0.1, -0.05) is 18.2 Å². The molecule has 0 fully saturated rings. The molecule has 21 heavy (non-hydrogen) atoms. The van der Waals surface area contributed by atoms with Crippen LogP contribution in [0.25, 0.3) is 0 Å². The topological polar surface area (TPSA) is 38.5 Å². The quantitative estimate of drug-likeness (QED) is 0.915. The van der Waals surface area contributed by atoms with E-state index >= 15 is 0 Å². The Hall–Kier alpha value is -2.07. The number of nitrogens with zero attached hydrogens (tertiary/aromatic N) is 1. The molecule has 2 aromatic rings.